The molecule has 0 radical (unpaired) electrons. The number of benzene rings is 3. The SMILES string of the molecule is Cc1c(Cl)cccc1N=Cc1cccc(OCc2ccccc2Cl)c1. The second kappa shape index (κ2) is 8.19. The lowest BCUT2D eigenvalue weighted by molar-refractivity contribution is 0.306. The summed E-state index contributed by atoms with van der Waals surface area (Å²) in [6, 6.07) is 21.1. The molecule has 0 aliphatic carbocycles. The molecule has 3 aromatic rings. The molecule has 0 fully saturated rings. The van der Waals surface area contributed by atoms with Crippen molar-refractivity contribution in [2.24, 2.45) is 4.99 Å². The Bertz CT molecular complexity index is 906. The monoisotopic (exact) mass is 369 g/mol. The molecule has 0 heterocycles. The zero-order chi connectivity index (χ0) is 17.6. The molecular formula is C21H17Cl2NO. The lowest BCUT2D eigenvalue weighted by atomic mass is 10.2. The maximum atomic E-state index is 6.15. The molecule has 25 heavy (non-hydrogen) atoms. The molecular weight excluding hydrogens is 353 g/mol. The van der Waals surface area contributed by atoms with Gasteiger partial charge in [0.1, 0.15) is 12.4 Å². The Morgan fingerprint density at radius 2 is 1.68 bits per heavy atom. The molecule has 0 saturated carbocycles. The van der Waals surface area contributed by atoms with Crippen LogP contribution in [0.2, 0.25) is 10.0 Å². The van der Waals surface area contributed by atoms with Crippen LogP contribution in [-0.4, -0.2) is 6.21 Å². The van der Waals surface area contributed by atoms with Crippen LogP contribution in [0.4, 0.5) is 5.69 Å². The summed E-state index contributed by atoms with van der Waals surface area (Å²) >= 11 is 12.3. The standard InChI is InChI=1S/C21H17Cl2NO/c1-15-19(22)10-5-11-21(15)24-13-16-6-4-8-18(12-16)25-14-17-7-2-3-9-20(17)23/h2-13H,14H2,1H3. The van der Waals surface area contributed by atoms with E-state index in [1.54, 1.807) is 6.21 Å². The Morgan fingerprint density at radius 3 is 2.52 bits per heavy atom. The normalized spacial score (nSPS) is 11.0. The van der Waals surface area contributed by atoms with E-state index in [2.05, 4.69) is 4.99 Å². The third kappa shape index (κ3) is 4.62. The molecule has 0 aromatic heterocycles. The van der Waals surface area contributed by atoms with Crippen molar-refractivity contribution in [3.63, 3.8) is 0 Å². The maximum absolute atomic E-state index is 6.15. The first-order valence-corrected chi connectivity index (χ1v) is 8.64. The largest absolute Gasteiger partial charge is 0.489 e. The summed E-state index contributed by atoms with van der Waals surface area (Å²) in [7, 11) is 0. The van der Waals surface area contributed by atoms with Crippen molar-refractivity contribution in [3.05, 3.63) is 93.5 Å². The zero-order valence-electron chi connectivity index (χ0n) is 13.7. The van der Waals surface area contributed by atoms with E-state index in [1.807, 2.05) is 73.7 Å². The van der Waals surface area contributed by atoms with Gasteiger partial charge in [-0.2, -0.15) is 0 Å². The van der Waals surface area contributed by atoms with Gasteiger partial charge in [0, 0.05) is 21.8 Å². The van der Waals surface area contributed by atoms with Gasteiger partial charge in [-0.15, -0.1) is 0 Å². The Morgan fingerprint density at radius 1 is 0.920 bits per heavy atom. The van der Waals surface area contributed by atoms with Crippen molar-refractivity contribution >= 4 is 35.1 Å². The number of aliphatic imine (C=N–C) groups is 1. The van der Waals surface area contributed by atoms with Crippen LogP contribution in [0, 0.1) is 6.92 Å². The third-order valence-electron chi connectivity index (χ3n) is 3.80. The van der Waals surface area contributed by atoms with Crippen LogP contribution in [0.25, 0.3) is 0 Å². The van der Waals surface area contributed by atoms with E-state index in [0.29, 0.717) is 16.7 Å². The molecule has 0 aliphatic rings. The van der Waals surface area contributed by atoms with E-state index in [4.69, 9.17) is 27.9 Å². The van der Waals surface area contributed by atoms with E-state index < -0.39 is 0 Å². The van der Waals surface area contributed by atoms with E-state index in [-0.39, 0.29) is 0 Å². The maximum Gasteiger partial charge on any atom is 0.120 e. The first kappa shape index (κ1) is 17.5. The van der Waals surface area contributed by atoms with E-state index >= 15 is 0 Å². The quantitative estimate of drug-likeness (QED) is 0.462. The number of halogens is 2. The molecule has 0 aliphatic heterocycles. The van der Waals surface area contributed by atoms with Crippen LogP contribution in [0.15, 0.2) is 71.7 Å². The fourth-order valence-electron chi connectivity index (χ4n) is 2.34. The van der Waals surface area contributed by atoms with E-state index in [0.717, 1.165) is 28.1 Å². The number of hydrogen-bond acceptors (Lipinski definition) is 2. The highest BCUT2D eigenvalue weighted by Crippen LogP contribution is 2.25. The molecule has 0 saturated heterocycles. The smallest absolute Gasteiger partial charge is 0.120 e. The highest BCUT2D eigenvalue weighted by Gasteiger charge is 2.02. The van der Waals surface area contributed by atoms with Gasteiger partial charge in [0.2, 0.25) is 0 Å². The summed E-state index contributed by atoms with van der Waals surface area (Å²) in [5.41, 5.74) is 3.73. The Balaban J connectivity index is 1.72. The van der Waals surface area contributed by atoms with Gasteiger partial charge in [-0.25, -0.2) is 0 Å². The average molecular weight is 370 g/mol. The fraction of sp³-hybridized carbons (Fsp3) is 0.0952. The molecule has 126 valence electrons. The van der Waals surface area contributed by atoms with Crippen LogP contribution in [0.1, 0.15) is 16.7 Å². The zero-order valence-corrected chi connectivity index (χ0v) is 15.3. The summed E-state index contributed by atoms with van der Waals surface area (Å²) < 4.78 is 5.84. The number of ether oxygens (including phenoxy) is 1. The molecule has 0 atom stereocenters. The number of hydrogen-bond donors (Lipinski definition) is 0. The van der Waals surface area contributed by atoms with Gasteiger partial charge < -0.3 is 4.74 Å². The Kier molecular flexibility index (Phi) is 5.75. The molecule has 0 amide bonds. The predicted octanol–water partition coefficient (Wildman–Crippen LogP) is 6.63. The predicted molar refractivity (Wildman–Crippen MR) is 106 cm³/mol. The van der Waals surface area contributed by atoms with Gasteiger partial charge in [0.15, 0.2) is 0 Å². The second-order valence-corrected chi connectivity index (χ2v) is 6.41. The van der Waals surface area contributed by atoms with Crippen molar-refractivity contribution in [2.75, 3.05) is 0 Å². The molecule has 0 unspecified atom stereocenters. The minimum absolute atomic E-state index is 0.424. The highest BCUT2D eigenvalue weighted by atomic mass is 35.5. The van der Waals surface area contributed by atoms with Gasteiger partial charge in [0.25, 0.3) is 0 Å². The minimum atomic E-state index is 0.424. The molecule has 0 bridgehead atoms. The molecule has 3 rings (SSSR count). The van der Waals surface area contributed by atoms with Crippen molar-refractivity contribution in [1.29, 1.82) is 0 Å². The fourth-order valence-corrected chi connectivity index (χ4v) is 2.70. The molecule has 0 spiro atoms. The summed E-state index contributed by atoms with van der Waals surface area (Å²) in [5.74, 6) is 0.770. The molecule has 2 nitrogen and oxygen atoms in total. The van der Waals surface area contributed by atoms with Gasteiger partial charge in [-0.1, -0.05) is 59.6 Å². The molecule has 4 heteroatoms. The van der Waals surface area contributed by atoms with Crippen LogP contribution >= 0.6 is 23.2 Å². The Labute approximate surface area is 157 Å². The van der Waals surface area contributed by atoms with Gasteiger partial charge >= 0.3 is 0 Å². The first-order chi connectivity index (χ1) is 12.1. The van der Waals surface area contributed by atoms with Crippen LogP contribution < -0.4 is 4.74 Å². The van der Waals surface area contributed by atoms with Crippen LogP contribution in [0.5, 0.6) is 5.75 Å². The van der Waals surface area contributed by atoms with Crippen LogP contribution in [-0.2, 0) is 6.61 Å². The Hall–Kier alpha value is -2.29. The topological polar surface area (TPSA) is 21.6 Å². The lowest BCUT2D eigenvalue weighted by Gasteiger charge is -2.08. The van der Waals surface area contributed by atoms with Gasteiger partial charge in [-0.3, -0.25) is 4.99 Å². The summed E-state index contributed by atoms with van der Waals surface area (Å²) in [6.45, 7) is 2.38. The van der Waals surface area contributed by atoms with Crippen molar-refractivity contribution in [3.8, 4) is 5.75 Å². The van der Waals surface area contributed by atoms with Crippen molar-refractivity contribution in [1.82, 2.24) is 0 Å². The summed E-state index contributed by atoms with van der Waals surface area (Å²) in [5, 5.41) is 1.42. The minimum Gasteiger partial charge on any atom is -0.489 e. The van der Waals surface area contributed by atoms with E-state index in [9.17, 15) is 0 Å². The molecule has 3 aromatic carbocycles. The first-order valence-electron chi connectivity index (χ1n) is 7.89. The number of nitrogens with zero attached hydrogens (tertiary/aromatic N) is 1. The van der Waals surface area contributed by atoms with E-state index in [1.165, 1.54) is 0 Å². The second-order valence-electron chi connectivity index (χ2n) is 5.59. The summed E-state index contributed by atoms with van der Waals surface area (Å²) in [4.78, 5) is 4.52. The number of rotatable bonds is 5. The molecule has 0 N–H and O–H groups in total. The average Bonchev–Trinajstić information content (AvgIpc) is 2.63. The summed E-state index contributed by atoms with van der Waals surface area (Å²) in [6.07, 6.45) is 1.81. The lowest BCUT2D eigenvalue weighted by Crippen LogP contribution is -1.96. The van der Waals surface area contributed by atoms with Gasteiger partial charge in [-0.05, 0) is 48.4 Å². The third-order valence-corrected chi connectivity index (χ3v) is 4.58. The van der Waals surface area contributed by atoms with Crippen molar-refractivity contribution in [2.45, 2.75) is 13.5 Å². The van der Waals surface area contributed by atoms with Gasteiger partial charge in [0.05, 0.1) is 5.69 Å². The van der Waals surface area contributed by atoms with Crippen molar-refractivity contribution < 1.29 is 4.74 Å². The highest BCUT2D eigenvalue weighted by molar-refractivity contribution is 6.31. The van der Waals surface area contributed by atoms with Crippen LogP contribution in [0.3, 0.4) is 0 Å².